The molecule has 0 aliphatic rings. The summed E-state index contributed by atoms with van der Waals surface area (Å²) in [5.41, 5.74) is 0.979. The van der Waals surface area contributed by atoms with Crippen LogP contribution in [0.4, 0.5) is 0 Å². The Morgan fingerprint density at radius 2 is 2.27 bits per heavy atom. The molecule has 0 saturated carbocycles. The molecule has 0 bridgehead atoms. The summed E-state index contributed by atoms with van der Waals surface area (Å²) in [7, 11) is -1.65. The van der Waals surface area contributed by atoms with Gasteiger partial charge >= 0.3 is 0 Å². The zero-order valence-electron chi connectivity index (χ0n) is 8.11. The summed E-state index contributed by atoms with van der Waals surface area (Å²) in [6.45, 7) is 0.390. The van der Waals surface area contributed by atoms with E-state index in [4.69, 9.17) is 11.6 Å². The normalized spacial score (nSPS) is 12.3. The Hall–Kier alpha value is 0.380. The van der Waals surface area contributed by atoms with Crippen LogP contribution in [0, 0.1) is 0 Å². The fourth-order valence-electron chi connectivity index (χ4n) is 1.04. The molecular formula is C8H11BrClNO2S2. The van der Waals surface area contributed by atoms with Crippen molar-refractivity contribution in [3.05, 3.63) is 20.8 Å². The quantitative estimate of drug-likeness (QED) is 0.777. The predicted molar refractivity (Wildman–Crippen MR) is 68.0 cm³/mol. The number of nitrogens with zero attached hydrogens (tertiary/aromatic N) is 1. The van der Waals surface area contributed by atoms with E-state index in [2.05, 4.69) is 15.9 Å². The maximum atomic E-state index is 11.6. The standard InChI is InChI=1S/C8H11BrClNO2S2/c1-11(15(12,13)3-2-10)5-7-4-8(9)14-6-7/h4,6H,2-3,5H2,1H3. The Bertz CT molecular complexity index is 418. The lowest BCUT2D eigenvalue weighted by Crippen LogP contribution is -2.29. The number of hydrogen-bond donors (Lipinski definition) is 0. The molecule has 0 saturated heterocycles. The van der Waals surface area contributed by atoms with E-state index in [9.17, 15) is 8.42 Å². The molecule has 0 atom stereocenters. The van der Waals surface area contributed by atoms with Crippen molar-refractivity contribution in [2.24, 2.45) is 0 Å². The first-order chi connectivity index (χ1) is 6.95. The first-order valence-electron chi connectivity index (χ1n) is 4.18. The van der Waals surface area contributed by atoms with E-state index in [1.165, 1.54) is 15.6 Å². The van der Waals surface area contributed by atoms with Gasteiger partial charge in [0.25, 0.3) is 0 Å². The third kappa shape index (κ3) is 4.03. The lowest BCUT2D eigenvalue weighted by atomic mass is 10.3. The van der Waals surface area contributed by atoms with Crippen LogP contribution >= 0.6 is 38.9 Å². The largest absolute Gasteiger partial charge is 0.215 e. The molecule has 0 aromatic carbocycles. The predicted octanol–water partition coefficient (Wildman–Crippen LogP) is 2.51. The molecule has 0 amide bonds. The van der Waals surface area contributed by atoms with Gasteiger partial charge in [0.05, 0.1) is 9.54 Å². The summed E-state index contributed by atoms with van der Waals surface area (Å²) >= 11 is 10.3. The third-order valence-corrected chi connectivity index (χ3v) is 5.60. The highest BCUT2D eigenvalue weighted by Gasteiger charge is 2.17. The minimum atomic E-state index is -3.21. The van der Waals surface area contributed by atoms with Crippen molar-refractivity contribution < 1.29 is 8.42 Å². The smallest absolute Gasteiger partial charge is 0.212 e. The Kier molecular flexibility index (Phi) is 5.05. The summed E-state index contributed by atoms with van der Waals surface area (Å²) < 4.78 is 25.5. The highest BCUT2D eigenvalue weighted by molar-refractivity contribution is 9.11. The summed E-state index contributed by atoms with van der Waals surface area (Å²) in [5, 5.41) is 1.93. The molecule has 0 aliphatic heterocycles. The van der Waals surface area contributed by atoms with Gasteiger partial charge in [-0.2, -0.15) is 0 Å². The second-order valence-corrected chi connectivity index (χ2v) is 7.88. The van der Waals surface area contributed by atoms with Gasteiger partial charge in [-0.25, -0.2) is 12.7 Å². The van der Waals surface area contributed by atoms with Gasteiger partial charge in [-0.15, -0.1) is 22.9 Å². The molecule has 0 N–H and O–H groups in total. The molecule has 15 heavy (non-hydrogen) atoms. The second kappa shape index (κ2) is 5.63. The van der Waals surface area contributed by atoms with Crippen LogP contribution in [0.3, 0.4) is 0 Å². The molecule has 1 heterocycles. The molecule has 0 aliphatic carbocycles. The van der Waals surface area contributed by atoms with E-state index in [0.29, 0.717) is 6.54 Å². The monoisotopic (exact) mass is 331 g/mol. The van der Waals surface area contributed by atoms with Crippen molar-refractivity contribution in [3.63, 3.8) is 0 Å². The summed E-state index contributed by atoms with van der Waals surface area (Å²) in [4.78, 5) is 0. The number of rotatable bonds is 5. The van der Waals surface area contributed by atoms with Crippen molar-refractivity contribution in [2.45, 2.75) is 6.54 Å². The minimum Gasteiger partial charge on any atom is -0.212 e. The molecule has 1 aromatic rings. The second-order valence-electron chi connectivity index (χ2n) is 3.02. The van der Waals surface area contributed by atoms with Gasteiger partial charge in [0, 0.05) is 19.5 Å². The first-order valence-corrected chi connectivity index (χ1v) is 8.00. The van der Waals surface area contributed by atoms with Crippen LogP contribution in [0.15, 0.2) is 15.2 Å². The van der Waals surface area contributed by atoms with E-state index in [1.54, 1.807) is 7.05 Å². The molecule has 0 fully saturated rings. The van der Waals surface area contributed by atoms with Crippen LogP contribution in [-0.4, -0.2) is 31.4 Å². The third-order valence-electron chi connectivity index (χ3n) is 1.84. The zero-order chi connectivity index (χ0) is 11.5. The van der Waals surface area contributed by atoms with Gasteiger partial charge in [0.2, 0.25) is 10.0 Å². The number of thiophene rings is 1. The van der Waals surface area contributed by atoms with Crippen LogP contribution in [0.5, 0.6) is 0 Å². The molecule has 0 unspecified atom stereocenters. The van der Waals surface area contributed by atoms with Crippen molar-refractivity contribution in [2.75, 3.05) is 18.7 Å². The van der Waals surface area contributed by atoms with Gasteiger partial charge in [-0.05, 0) is 32.9 Å². The molecule has 86 valence electrons. The molecule has 1 rings (SSSR count). The van der Waals surface area contributed by atoms with E-state index >= 15 is 0 Å². The van der Waals surface area contributed by atoms with Crippen LogP contribution in [-0.2, 0) is 16.6 Å². The maximum Gasteiger partial charge on any atom is 0.215 e. The highest BCUT2D eigenvalue weighted by atomic mass is 79.9. The number of alkyl halides is 1. The average Bonchev–Trinajstić information content (AvgIpc) is 2.51. The Balaban J connectivity index is 2.67. The lowest BCUT2D eigenvalue weighted by Gasteiger charge is -2.15. The Morgan fingerprint density at radius 1 is 1.60 bits per heavy atom. The number of hydrogen-bond acceptors (Lipinski definition) is 3. The van der Waals surface area contributed by atoms with Crippen LogP contribution in [0.25, 0.3) is 0 Å². The molecule has 7 heteroatoms. The molecule has 1 aromatic heterocycles. The first kappa shape index (κ1) is 13.4. The molecule has 0 radical (unpaired) electrons. The fourth-order valence-corrected chi connectivity index (χ4v) is 3.68. The molecule has 0 spiro atoms. The van der Waals surface area contributed by atoms with Gasteiger partial charge in [-0.3, -0.25) is 0 Å². The SMILES string of the molecule is CN(Cc1csc(Br)c1)S(=O)(=O)CCCl. The van der Waals surface area contributed by atoms with Gasteiger partial charge in [0.1, 0.15) is 0 Å². The number of sulfonamides is 1. The Morgan fingerprint density at radius 3 is 2.73 bits per heavy atom. The van der Waals surface area contributed by atoms with Crippen molar-refractivity contribution in [3.8, 4) is 0 Å². The zero-order valence-corrected chi connectivity index (χ0v) is 12.1. The van der Waals surface area contributed by atoms with E-state index < -0.39 is 10.0 Å². The van der Waals surface area contributed by atoms with Gasteiger partial charge < -0.3 is 0 Å². The summed E-state index contributed by atoms with van der Waals surface area (Å²) in [6, 6.07) is 1.91. The molecule has 3 nitrogen and oxygen atoms in total. The van der Waals surface area contributed by atoms with Crippen LogP contribution in [0.2, 0.25) is 0 Å². The van der Waals surface area contributed by atoms with Crippen LogP contribution in [0.1, 0.15) is 5.56 Å². The minimum absolute atomic E-state index is 0.0175. The summed E-state index contributed by atoms with van der Waals surface area (Å²) in [5.74, 6) is 0.108. The van der Waals surface area contributed by atoms with Crippen molar-refractivity contribution >= 4 is 48.9 Å². The number of halogens is 2. The van der Waals surface area contributed by atoms with Gasteiger partial charge in [-0.1, -0.05) is 0 Å². The average molecular weight is 333 g/mol. The lowest BCUT2D eigenvalue weighted by molar-refractivity contribution is 0.468. The fraction of sp³-hybridized carbons (Fsp3) is 0.500. The van der Waals surface area contributed by atoms with E-state index in [0.717, 1.165) is 9.35 Å². The highest BCUT2D eigenvalue weighted by Crippen LogP contribution is 2.22. The van der Waals surface area contributed by atoms with Crippen molar-refractivity contribution in [1.29, 1.82) is 0 Å². The Labute approximate surface area is 107 Å². The van der Waals surface area contributed by atoms with Gasteiger partial charge in [0.15, 0.2) is 0 Å². The van der Waals surface area contributed by atoms with E-state index in [-0.39, 0.29) is 11.6 Å². The van der Waals surface area contributed by atoms with Crippen molar-refractivity contribution in [1.82, 2.24) is 4.31 Å². The topological polar surface area (TPSA) is 37.4 Å². The van der Waals surface area contributed by atoms with Crippen LogP contribution < -0.4 is 0 Å². The summed E-state index contributed by atoms with van der Waals surface area (Å²) in [6.07, 6.45) is 0. The van der Waals surface area contributed by atoms with E-state index in [1.807, 2.05) is 11.4 Å². The maximum absolute atomic E-state index is 11.6. The molecular weight excluding hydrogens is 322 g/mol.